The second-order valence-corrected chi connectivity index (χ2v) is 5.77. The highest BCUT2D eigenvalue weighted by molar-refractivity contribution is 5.94. The third-order valence-electron chi connectivity index (χ3n) is 4.25. The summed E-state index contributed by atoms with van der Waals surface area (Å²) in [4.78, 5) is 38.0. The molecule has 128 valence electrons. The van der Waals surface area contributed by atoms with E-state index in [1.54, 1.807) is 29.2 Å². The second kappa shape index (κ2) is 6.88. The van der Waals surface area contributed by atoms with E-state index in [2.05, 4.69) is 5.32 Å². The minimum atomic E-state index is -1.14. The van der Waals surface area contributed by atoms with Crippen molar-refractivity contribution in [2.24, 2.45) is 0 Å². The summed E-state index contributed by atoms with van der Waals surface area (Å²) in [6, 6.07) is 6.18. The molecule has 2 aliphatic heterocycles. The van der Waals surface area contributed by atoms with Crippen LogP contribution in [0.1, 0.15) is 15.9 Å². The maximum absolute atomic E-state index is 12.4. The number of morpholine rings is 1. The number of nitrogens with zero attached hydrogens (tertiary/aromatic N) is 2. The van der Waals surface area contributed by atoms with Crippen molar-refractivity contribution < 1.29 is 24.2 Å². The van der Waals surface area contributed by atoms with Gasteiger partial charge in [-0.1, -0.05) is 12.1 Å². The molecule has 2 saturated heterocycles. The molecule has 24 heavy (non-hydrogen) atoms. The van der Waals surface area contributed by atoms with Crippen LogP contribution in [0.3, 0.4) is 0 Å². The Hall–Kier alpha value is -2.61. The predicted molar refractivity (Wildman–Crippen MR) is 83.5 cm³/mol. The molecule has 8 heteroatoms. The van der Waals surface area contributed by atoms with Crippen LogP contribution >= 0.6 is 0 Å². The fourth-order valence-electron chi connectivity index (χ4n) is 2.74. The van der Waals surface area contributed by atoms with E-state index >= 15 is 0 Å². The first-order chi connectivity index (χ1) is 11.6. The van der Waals surface area contributed by atoms with Crippen molar-refractivity contribution in [3.05, 3.63) is 35.4 Å². The quantitative estimate of drug-likeness (QED) is 0.764. The van der Waals surface area contributed by atoms with Crippen molar-refractivity contribution in [3.8, 4) is 0 Å². The van der Waals surface area contributed by atoms with E-state index in [1.165, 1.54) is 0 Å². The van der Waals surface area contributed by atoms with Gasteiger partial charge >= 0.3 is 6.09 Å². The number of amides is 3. The maximum atomic E-state index is 12.4. The Balaban J connectivity index is 1.66. The molecule has 8 nitrogen and oxygen atoms in total. The van der Waals surface area contributed by atoms with Crippen LogP contribution in [0, 0.1) is 0 Å². The summed E-state index contributed by atoms with van der Waals surface area (Å²) >= 11 is 0. The minimum absolute atomic E-state index is 0.0571. The van der Waals surface area contributed by atoms with Gasteiger partial charge in [-0.3, -0.25) is 14.5 Å². The Bertz CT molecular complexity index is 640. The third kappa shape index (κ3) is 3.33. The van der Waals surface area contributed by atoms with E-state index in [0.717, 1.165) is 10.5 Å². The molecule has 3 amide bonds. The first-order valence-corrected chi connectivity index (χ1v) is 7.79. The highest BCUT2D eigenvalue weighted by Gasteiger charge is 2.36. The number of rotatable bonds is 4. The summed E-state index contributed by atoms with van der Waals surface area (Å²) < 4.78 is 5.23. The summed E-state index contributed by atoms with van der Waals surface area (Å²) in [5.74, 6) is -0.338. The molecule has 0 bridgehead atoms. The van der Waals surface area contributed by atoms with E-state index in [4.69, 9.17) is 4.74 Å². The van der Waals surface area contributed by atoms with Gasteiger partial charge in [0.25, 0.3) is 5.91 Å². The first kappa shape index (κ1) is 16.3. The van der Waals surface area contributed by atoms with Crippen LogP contribution in [-0.4, -0.2) is 71.7 Å². The standard InChI is InChI=1S/C16H19N3O5/c20-14-13(9-17-14)19(16(22)23)10-11-1-3-12(4-2-11)15(21)18-5-7-24-8-6-18/h1-4,13H,5-10H2,(H,17,20)(H,22,23)/t13-/m0/s1. The molecule has 0 unspecified atom stereocenters. The highest BCUT2D eigenvalue weighted by atomic mass is 16.5. The number of ether oxygens (including phenoxy) is 1. The van der Waals surface area contributed by atoms with Crippen molar-refractivity contribution >= 4 is 17.9 Å². The Morgan fingerprint density at radius 2 is 1.92 bits per heavy atom. The number of nitrogens with one attached hydrogen (secondary N) is 1. The normalized spacial score (nSPS) is 20.1. The molecule has 1 aromatic rings. The number of carbonyl (C=O) groups excluding carboxylic acids is 2. The van der Waals surface area contributed by atoms with E-state index in [-0.39, 0.29) is 18.4 Å². The molecule has 0 radical (unpaired) electrons. The number of hydrogen-bond donors (Lipinski definition) is 2. The first-order valence-electron chi connectivity index (χ1n) is 7.79. The van der Waals surface area contributed by atoms with Crippen LogP contribution in [0.2, 0.25) is 0 Å². The van der Waals surface area contributed by atoms with Crippen LogP contribution in [0.5, 0.6) is 0 Å². The Morgan fingerprint density at radius 3 is 2.42 bits per heavy atom. The second-order valence-electron chi connectivity index (χ2n) is 5.77. The zero-order valence-electron chi connectivity index (χ0n) is 13.1. The molecule has 2 heterocycles. The summed E-state index contributed by atoms with van der Waals surface area (Å²) in [5, 5.41) is 11.8. The van der Waals surface area contributed by atoms with E-state index in [0.29, 0.717) is 38.4 Å². The number of carboxylic acid groups (broad SMARTS) is 1. The van der Waals surface area contributed by atoms with Crippen LogP contribution in [0.25, 0.3) is 0 Å². The van der Waals surface area contributed by atoms with E-state index in [1.807, 2.05) is 0 Å². The summed E-state index contributed by atoms with van der Waals surface area (Å²) in [7, 11) is 0. The Morgan fingerprint density at radius 1 is 1.25 bits per heavy atom. The largest absolute Gasteiger partial charge is 0.465 e. The lowest BCUT2D eigenvalue weighted by Gasteiger charge is -2.34. The minimum Gasteiger partial charge on any atom is -0.465 e. The molecule has 3 rings (SSSR count). The zero-order valence-corrected chi connectivity index (χ0v) is 13.1. The summed E-state index contributed by atoms with van der Waals surface area (Å²) in [6.45, 7) is 2.67. The lowest BCUT2D eigenvalue weighted by molar-refractivity contribution is -0.132. The van der Waals surface area contributed by atoms with Crippen LogP contribution in [0.4, 0.5) is 4.79 Å². The zero-order chi connectivity index (χ0) is 17.1. The predicted octanol–water partition coefficient (Wildman–Crippen LogP) is 0.137. The number of hydrogen-bond acceptors (Lipinski definition) is 4. The monoisotopic (exact) mass is 333 g/mol. The number of β-lactam (4-membered cyclic amide) rings is 1. The van der Waals surface area contributed by atoms with Gasteiger partial charge in [0.05, 0.1) is 13.2 Å². The molecular formula is C16H19N3O5. The Labute approximate surface area is 139 Å². The van der Waals surface area contributed by atoms with Crippen molar-refractivity contribution in [2.45, 2.75) is 12.6 Å². The van der Waals surface area contributed by atoms with Gasteiger partial charge in [-0.25, -0.2) is 4.79 Å². The SMILES string of the molecule is O=C1NC[C@@H]1N(Cc1ccc(C(=O)N2CCOCC2)cc1)C(=O)O. The molecule has 1 aromatic carbocycles. The molecule has 1 atom stereocenters. The molecule has 0 aromatic heterocycles. The van der Waals surface area contributed by atoms with Gasteiger partial charge in [0.15, 0.2) is 0 Å². The summed E-state index contributed by atoms with van der Waals surface area (Å²) in [5.41, 5.74) is 1.29. The van der Waals surface area contributed by atoms with E-state index < -0.39 is 12.1 Å². The maximum Gasteiger partial charge on any atom is 0.408 e. The molecule has 2 N–H and O–H groups in total. The van der Waals surface area contributed by atoms with Crippen molar-refractivity contribution in [2.75, 3.05) is 32.8 Å². The number of benzene rings is 1. The summed E-state index contributed by atoms with van der Waals surface area (Å²) in [6.07, 6.45) is -1.14. The third-order valence-corrected chi connectivity index (χ3v) is 4.25. The molecule has 2 aliphatic rings. The van der Waals surface area contributed by atoms with Crippen LogP contribution < -0.4 is 5.32 Å². The topological polar surface area (TPSA) is 99.2 Å². The van der Waals surface area contributed by atoms with Crippen LogP contribution in [0.15, 0.2) is 24.3 Å². The Kier molecular flexibility index (Phi) is 4.66. The van der Waals surface area contributed by atoms with Crippen molar-refractivity contribution in [1.29, 1.82) is 0 Å². The van der Waals surface area contributed by atoms with Gasteiger partial charge in [-0.2, -0.15) is 0 Å². The lowest BCUT2D eigenvalue weighted by atomic mass is 10.1. The highest BCUT2D eigenvalue weighted by Crippen LogP contribution is 2.15. The molecule has 2 fully saturated rings. The molecule has 0 saturated carbocycles. The van der Waals surface area contributed by atoms with Gasteiger partial charge in [-0.05, 0) is 17.7 Å². The average Bonchev–Trinajstić information content (AvgIpc) is 2.60. The molecule has 0 aliphatic carbocycles. The molecule has 0 spiro atoms. The van der Waals surface area contributed by atoms with Crippen LogP contribution in [-0.2, 0) is 16.1 Å². The number of carbonyl (C=O) groups is 3. The van der Waals surface area contributed by atoms with Gasteiger partial charge in [0.1, 0.15) is 6.04 Å². The smallest absolute Gasteiger partial charge is 0.408 e. The van der Waals surface area contributed by atoms with E-state index in [9.17, 15) is 19.5 Å². The van der Waals surface area contributed by atoms with Gasteiger partial charge < -0.3 is 20.1 Å². The van der Waals surface area contributed by atoms with Gasteiger partial charge in [0, 0.05) is 31.7 Å². The van der Waals surface area contributed by atoms with Gasteiger partial charge in [0.2, 0.25) is 5.91 Å². The fourth-order valence-corrected chi connectivity index (χ4v) is 2.74. The average molecular weight is 333 g/mol. The van der Waals surface area contributed by atoms with Gasteiger partial charge in [-0.15, -0.1) is 0 Å². The van der Waals surface area contributed by atoms with Crippen molar-refractivity contribution in [1.82, 2.24) is 15.1 Å². The fraction of sp³-hybridized carbons (Fsp3) is 0.438. The molecular weight excluding hydrogens is 314 g/mol. The van der Waals surface area contributed by atoms with Crippen molar-refractivity contribution in [3.63, 3.8) is 0 Å². The lowest BCUT2D eigenvalue weighted by Crippen LogP contribution is -2.62.